The molecule has 0 aliphatic carbocycles. The van der Waals surface area contributed by atoms with E-state index in [1.165, 1.54) is 18.2 Å². The molecule has 1 unspecified atom stereocenters. The van der Waals surface area contributed by atoms with Crippen LogP contribution < -0.4 is 5.69 Å². The number of hydrogen-bond donors (Lipinski definition) is 3. The van der Waals surface area contributed by atoms with Crippen LogP contribution >= 0.6 is 0 Å². The van der Waals surface area contributed by atoms with Crippen molar-refractivity contribution in [3.05, 3.63) is 69.6 Å². The van der Waals surface area contributed by atoms with Crippen molar-refractivity contribution in [2.75, 3.05) is 0 Å². The van der Waals surface area contributed by atoms with Gasteiger partial charge in [-0.05, 0) is 29.8 Å². The van der Waals surface area contributed by atoms with E-state index in [1.54, 1.807) is 6.07 Å². The second-order valence-corrected chi connectivity index (χ2v) is 4.42. The summed E-state index contributed by atoms with van der Waals surface area (Å²) in [5, 5.41) is 10.1. The maximum atomic E-state index is 13.6. The van der Waals surface area contributed by atoms with Gasteiger partial charge in [0, 0.05) is 0 Å². The first kappa shape index (κ1) is 12.6. The SMILES string of the molecule is O=c1[nH]c2ccc(C(O)c3c(F)cccc3F)cc2[nH]1. The molecule has 0 bridgehead atoms. The summed E-state index contributed by atoms with van der Waals surface area (Å²) >= 11 is 0. The average Bonchev–Trinajstić information content (AvgIpc) is 2.77. The molecule has 0 aliphatic rings. The molecule has 0 saturated carbocycles. The zero-order chi connectivity index (χ0) is 14.3. The number of rotatable bonds is 2. The van der Waals surface area contributed by atoms with Gasteiger partial charge in [0.25, 0.3) is 0 Å². The molecule has 0 fully saturated rings. The lowest BCUT2D eigenvalue weighted by Crippen LogP contribution is -2.05. The number of benzene rings is 2. The summed E-state index contributed by atoms with van der Waals surface area (Å²) in [6.07, 6.45) is -1.45. The third-order valence-corrected chi connectivity index (χ3v) is 3.13. The van der Waals surface area contributed by atoms with Gasteiger partial charge in [-0.2, -0.15) is 0 Å². The predicted molar refractivity (Wildman–Crippen MR) is 69.3 cm³/mol. The molecule has 1 aromatic heterocycles. The number of aromatic nitrogens is 2. The second-order valence-electron chi connectivity index (χ2n) is 4.42. The van der Waals surface area contributed by atoms with Crippen LogP contribution in [0, 0.1) is 11.6 Å². The lowest BCUT2D eigenvalue weighted by Gasteiger charge is -2.13. The van der Waals surface area contributed by atoms with Crippen molar-refractivity contribution < 1.29 is 13.9 Å². The Balaban J connectivity index is 2.12. The number of hydrogen-bond acceptors (Lipinski definition) is 2. The molecule has 3 rings (SSSR count). The van der Waals surface area contributed by atoms with Gasteiger partial charge in [0.2, 0.25) is 0 Å². The number of halogens is 2. The molecule has 0 amide bonds. The Morgan fingerprint density at radius 2 is 1.65 bits per heavy atom. The van der Waals surface area contributed by atoms with E-state index in [-0.39, 0.29) is 11.3 Å². The molecule has 20 heavy (non-hydrogen) atoms. The zero-order valence-corrected chi connectivity index (χ0v) is 10.2. The number of aromatic amines is 2. The number of aliphatic hydroxyl groups is 1. The highest BCUT2D eigenvalue weighted by Gasteiger charge is 2.19. The van der Waals surface area contributed by atoms with Gasteiger partial charge in [-0.25, -0.2) is 13.6 Å². The molecular weight excluding hydrogens is 266 g/mol. The number of nitrogens with one attached hydrogen (secondary N) is 2. The standard InChI is InChI=1S/C14H10F2N2O2/c15-8-2-1-3-9(16)12(8)13(19)7-4-5-10-11(6-7)18-14(20)17-10/h1-6,13,19H,(H2,17,18,20). The van der Waals surface area contributed by atoms with E-state index in [1.807, 2.05) is 0 Å². The Kier molecular flexibility index (Phi) is 2.87. The summed E-state index contributed by atoms with van der Waals surface area (Å²) in [6, 6.07) is 7.93. The van der Waals surface area contributed by atoms with Gasteiger partial charge in [-0.3, -0.25) is 0 Å². The van der Waals surface area contributed by atoms with Crippen molar-refractivity contribution in [1.29, 1.82) is 0 Å². The maximum Gasteiger partial charge on any atom is 0.323 e. The highest BCUT2D eigenvalue weighted by atomic mass is 19.1. The lowest BCUT2D eigenvalue weighted by molar-refractivity contribution is 0.209. The monoisotopic (exact) mass is 276 g/mol. The highest BCUT2D eigenvalue weighted by molar-refractivity contribution is 5.75. The molecule has 6 heteroatoms. The predicted octanol–water partition coefficient (Wildman–Crippen LogP) is 2.22. The molecule has 2 aromatic carbocycles. The van der Waals surface area contributed by atoms with E-state index >= 15 is 0 Å². The number of imidazole rings is 1. The van der Waals surface area contributed by atoms with E-state index < -0.39 is 23.3 Å². The average molecular weight is 276 g/mol. The third-order valence-electron chi connectivity index (χ3n) is 3.13. The first-order chi connectivity index (χ1) is 9.56. The maximum absolute atomic E-state index is 13.6. The quantitative estimate of drug-likeness (QED) is 0.671. The van der Waals surface area contributed by atoms with Gasteiger partial charge in [0.05, 0.1) is 16.6 Å². The van der Waals surface area contributed by atoms with Gasteiger partial charge < -0.3 is 15.1 Å². The normalized spacial score (nSPS) is 12.8. The Labute approximate surface area is 111 Å². The smallest absolute Gasteiger partial charge is 0.323 e. The molecule has 0 radical (unpaired) electrons. The summed E-state index contributed by atoms with van der Waals surface area (Å²) in [7, 11) is 0. The molecule has 3 aromatic rings. The van der Waals surface area contributed by atoms with Crippen LogP contribution in [-0.2, 0) is 0 Å². The topological polar surface area (TPSA) is 68.9 Å². The molecule has 4 nitrogen and oxygen atoms in total. The first-order valence-corrected chi connectivity index (χ1v) is 5.90. The summed E-state index contributed by atoms with van der Waals surface area (Å²) in [4.78, 5) is 16.2. The van der Waals surface area contributed by atoms with Crippen LogP contribution in [-0.4, -0.2) is 15.1 Å². The van der Waals surface area contributed by atoms with Crippen molar-refractivity contribution in [3.8, 4) is 0 Å². The van der Waals surface area contributed by atoms with Crippen molar-refractivity contribution in [2.45, 2.75) is 6.10 Å². The number of aliphatic hydroxyl groups excluding tert-OH is 1. The minimum atomic E-state index is -1.45. The second kappa shape index (κ2) is 4.57. The molecule has 3 N–H and O–H groups in total. The van der Waals surface area contributed by atoms with Crippen LogP contribution in [0.25, 0.3) is 11.0 Å². The van der Waals surface area contributed by atoms with Gasteiger partial charge in [-0.1, -0.05) is 12.1 Å². The van der Waals surface area contributed by atoms with Crippen molar-refractivity contribution in [2.24, 2.45) is 0 Å². The Morgan fingerprint density at radius 1 is 1.00 bits per heavy atom. The van der Waals surface area contributed by atoms with Crippen LogP contribution in [0.3, 0.4) is 0 Å². The van der Waals surface area contributed by atoms with Crippen LogP contribution in [0.1, 0.15) is 17.2 Å². The summed E-state index contributed by atoms with van der Waals surface area (Å²) in [5.41, 5.74) is 0.508. The van der Waals surface area contributed by atoms with Crippen LogP contribution in [0.15, 0.2) is 41.2 Å². The number of fused-ring (bicyclic) bond motifs is 1. The van der Waals surface area contributed by atoms with Crippen molar-refractivity contribution >= 4 is 11.0 Å². The van der Waals surface area contributed by atoms with Crippen molar-refractivity contribution in [3.63, 3.8) is 0 Å². The first-order valence-electron chi connectivity index (χ1n) is 5.90. The number of H-pyrrole nitrogens is 2. The van der Waals surface area contributed by atoms with E-state index in [0.29, 0.717) is 11.0 Å². The molecule has 1 heterocycles. The fraction of sp³-hybridized carbons (Fsp3) is 0.0714. The van der Waals surface area contributed by atoms with Crippen molar-refractivity contribution in [1.82, 2.24) is 9.97 Å². The van der Waals surface area contributed by atoms with Gasteiger partial charge in [0.1, 0.15) is 17.7 Å². The lowest BCUT2D eigenvalue weighted by atomic mass is 10.00. The van der Waals surface area contributed by atoms with Crippen LogP contribution in [0.2, 0.25) is 0 Å². The largest absolute Gasteiger partial charge is 0.383 e. The molecule has 0 saturated heterocycles. The van der Waals surface area contributed by atoms with Gasteiger partial charge in [0.15, 0.2) is 0 Å². The van der Waals surface area contributed by atoms with Crippen LogP contribution in [0.5, 0.6) is 0 Å². The molecule has 0 spiro atoms. The summed E-state index contributed by atoms with van der Waals surface area (Å²) in [6.45, 7) is 0. The Bertz CT molecular complexity index is 818. The summed E-state index contributed by atoms with van der Waals surface area (Å²) in [5.74, 6) is -1.64. The third kappa shape index (κ3) is 2.00. The minimum absolute atomic E-state index is 0.289. The summed E-state index contributed by atoms with van der Waals surface area (Å²) < 4.78 is 27.3. The Hall–Kier alpha value is -2.47. The Morgan fingerprint density at radius 3 is 2.35 bits per heavy atom. The van der Waals surface area contributed by atoms with E-state index in [4.69, 9.17) is 0 Å². The van der Waals surface area contributed by atoms with E-state index in [9.17, 15) is 18.7 Å². The molecule has 102 valence electrons. The van der Waals surface area contributed by atoms with Crippen LogP contribution in [0.4, 0.5) is 8.78 Å². The molecule has 1 atom stereocenters. The molecule has 0 aliphatic heterocycles. The van der Waals surface area contributed by atoms with E-state index in [2.05, 4.69) is 9.97 Å². The minimum Gasteiger partial charge on any atom is -0.383 e. The fourth-order valence-corrected chi connectivity index (χ4v) is 2.16. The zero-order valence-electron chi connectivity index (χ0n) is 10.2. The van der Waals surface area contributed by atoms with Gasteiger partial charge >= 0.3 is 5.69 Å². The molecular formula is C14H10F2N2O2. The highest BCUT2D eigenvalue weighted by Crippen LogP contribution is 2.27. The van der Waals surface area contributed by atoms with E-state index in [0.717, 1.165) is 12.1 Å². The van der Waals surface area contributed by atoms with Gasteiger partial charge in [-0.15, -0.1) is 0 Å². The fourth-order valence-electron chi connectivity index (χ4n) is 2.16.